The summed E-state index contributed by atoms with van der Waals surface area (Å²) in [7, 11) is 2.17. The topological polar surface area (TPSA) is 71.7 Å². The van der Waals surface area contributed by atoms with Gasteiger partial charge in [0.15, 0.2) is 0 Å². The molecular weight excluding hydrogens is 426 g/mol. The highest BCUT2D eigenvalue weighted by molar-refractivity contribution is 6.31. The van der Waals surface area contributed by atoms with Crippen molar-refractivity contribution in [2.24, 2.45) is 0 Å². The Morgan fingerprint density at radius 2 is 1.91 bits per heavy atom. The first kappa shape index (κ1) is 22.8. The van der Waals surface area contributed by atoms with Gasteiger partial charge in [0.05, 0.1) is 0 Å². The number of aromatic nitrogens is 1. The predicted molar refractivity (Wildman–Crippen MR) is 128 cm³/mol. The summed E-state index contributed by atoms with van der Waals surface area (Å²) >= 11 is 6.05. The van der Waals surface area contributed by atoms with Gasteiger partial charge < -0.3 is 20.1 Å². The first-order valence-corrected chi connectivity index (χ1v) is 11.7. The number of nitrogens with one attached hydrogen (secondary N) is 2. The van der Waals surface area contributed by atoms with Crippen molar-refractivity contribution in [1.29, 1.82) is 0 Å². The molecule has 1 atom stereocenters. The first-order chi connectivity index (χ1) is 15.4. The summed E-state index contributed by atoms with van der Waals surface area (Å²) in [4.78, 5) is 36.0. The van der Waals surface area contributed by atoms with Crippen molar-refractivity contribution in [1.82, 2.24) is 25.0 Å². The normalized spacial score (nSPS) is 19.8. The van der Waals surface area contributed by atoms with Gasteiger partial charge in [0.2, 0.25) is 5.91 Å². The highest BCUT2D eigenvalue weighted by atomic mass is 35.5. The molecule has 1 aromatic carbocycles. The van der Waals surface area contributed by atoms with E-state index in [1.165, 1.54) is 12.8 Å². The number of fused-ring (bicyclic) bond motifs is 1. The summed E-state index contributed by atoms with van der Waals surface area (Å²) in [5.41, 5.74) is 1.24. The van der Waals surface area contributed by atoms with Crippen molar-refractivity contribution in [3.8, 4) is 0 Å². The number of H-pyrrole nitrogens is 1. The molecule has 4 rings (SSSR count). The molecule has 7 nitrogen and oxygen atoms in total. The number of carbonyl (C=O) groups is 2. The van der Waals surface area contributed by atoms with E-state index in [1.54, 1.807) is 24.3 Å². The second-order valence-corrected chi connectivity index (χ2v) is 9.30. The number of halogens is 1. The highest BCUT2D eigenvalue weighted by Gasteiger charge is 2.31. The van der Waals surface area contributed by atoms with Crippen LogP contribution in [0.15, 0.2) is 36.9 Å². The molecule has 0 spiro atoms. The molecule has 0 radical (unpaired) electrons. The van der Waals surface area contributed by atoms with Crippen molar-refractivity contribution >= 4 is 34.3 Å². The molecular formula is C24H32ClN5O2. The Labute approximate surface area is 194 Å². The van der Waals surface area contributed by atoms with Crippen LogP contribution in [0.1, 0.15) is 29.8 Å². The fourth-order valence-electron chi connectivity index (χ4n) is 4.74. The zero-order chi connectivity index (χ0) is 22.7. The smallest absolute Gasteiger partial charge is 0.268 e. The maximum atomic E-state index is 13.2. The number of hydrogen-bond acceptors (Lipinski definition) is 4. The standard InChI is InChI=1S/C24H32ClN5O2/c1-3-4-21(27-23(31)22-16-17-15-18(25)5-6-20(17)26-22)24(32)30-13-11-29(12-14-30)19-7-9-28(2)10-8-19/h3,5-6,15-16,19,21,26H,1,4,7-14H2,2H3,(H,27,31)/t21-/m1/s1. The summed E-state index contributed by atoms with van der Waals surface area (Å²) in [6, 6.07) is 7.17. The molecule has 172 valence electrons. The highest BCUT2D eigenvalue weighted by Crippen LogP contribution is 2.21. The number of amides is 2. The maximum Gasteiger partial charge on any atom is 0.268 e. The van der Waals surface area contributed by atoms with E-state index in [9.17, 15) is 9.59 Å². The SMILES string of the molecule is C=CC[C@@H](NC(=O)c1cc2cc(Cl)ccc2[nH]1)C(=O)N1CCN(C2CCN(C)CC2)CC1. The number of likely N-dealkylation sites (tertiary alicyclic amines) is 1. The van der Waals surface area contributed by atoms with E-state index in [-0.39, 0.29) is 11.8 Å². The van der Waals surface area contributed by atoms with Gasteiger partial charge in [-0.1, -0.05) is 17.7 Å². The Balaban J connectivity index is 1.36. The van der Waals surface area contributed by atoms with Crippen molar-refractivity contribution < 1.29 is 9.59 Å². The summed E-state index contributed by atoms with van der Waals surface area (Å²) in [5.74, 6) is -0.345. The Morgan fingerprint density at radius 3 is 2.59 bits per heavy atom. The third-order valence-corrected chi connectivity index (χ3v) is 6.90. The number of nitrogens with zero attached hydrogens (tertiary/aromatic N) is 3. The summed E-state index contributed by atoms with van der Waals surface area (Å²) in [6.07, 6.45) is 4.46. The number of hydrogen-bond donors (Lipinski definition) is 2. The van der Waals surface area contributed by atoms with Crippen LogP contribution in [-0.4, -0.2) is 89.9 Å². The largest absolute Gasteiger partial charge is 0.351 e. The summed E-state index contributed by atoms with van der Waals surface area (Å²) in [5, 5.41) is 4.38. The van der Waals surface area contributed by atoms with Crippen LogP contribution in [0.4, 0.5) is 0 Å². The third-order valence-electron chi connectivity index (χ3n) is 6.66. The van der Waals surface area contributed by atoms with Gasteiger partial charge >= 0.3 is 0 Å². The second-order valence-electron chi connectivity index (χ2n) is 8.86. The van der Waals surface area contributed by atoms with Gasteiger partial charge in [0.1, 0.15) is 11.7 Å². The van der Waals surface area contributed by atoms with Crippen molar-refractivity contribution in [3.05, 3.63) is 47.6 Å². The molecule has 32 heavy (non-hydrogen) atoms. The van der Waals surface area contributed by atoms with Crippen LogP contribution in [0.25, 0.3) is 10.9 Å². The molecule has 2 fully saturated rings. The maximum absolute atomic E-state index is 13.2. The molecule has 0 bridgehead atoms. The molecule has 2 amide bonds. The molecule has 2 N–H and O–H groups in total. The van der Waals surface area contributed by atoms with Crippen LogP contribution < -0.4 is 5.32 Å². The number of piperidine rings is 1. The third kappa shape index (κ3) is 5.17. The Bertz CT molecular complexity index is 974. The average molecular weight is 458 g/mol. The lowest BCUT2D eigenvalue weighted by atomic mass is 10.0. The molecule has 8 heteroatoms. The lowest BCUT2D eigenvalue weighted by molar-refractivity contribution is -0.135. The van der Waals surface area contributed by atoms with E-state index in [1.807, 2.05) is 11.0 Å². The molecule has 3 heterocycles. The van der Waals surface area contributed by atoms with Gasteiger partial charge in [0.25, 0.3) is 5.91 Å². The lowest BCUT2D eigenvalue weighted by Gasteiger charge is -2.42. The molecule has 2 aliphatic heterocycles. The van der Waals surface area contributed by atoms with Crippen LogP contribution in [-0.2, 0) is 4.79 Å². The van der Waals surface area contributed by atoms with Gasteiger partial charge in [-0.25, -0.2) is 0 Å². The van der Waals surface area contributed by atoms with E-state index in [0.29, 0.717) is 36.3 Å². The zero-order valence-electron chi connectivity index (χ0n) is 18.6. The van der Waals surface area contributed by atoms with Crippen LogP contribution >= 0.6 is 11.6 Å². The number of aromatic amines is 1. The predicted octanol–water partition coefficient (Wildman–Crippen LogP) is 2.73. The van der Waals surface area contributed by atoms with Crippen molar-refractivity contribution in [2.75, 3.05) is 46.3 Å². The van der Waals surface area contributed by atoms with Crippen LogP contribution in [0.5, 0.6) is 0 Å². The van der Waals surface area contributed by atoms with E-state index in [4.69, 9.17) is 11.6 Å². The van der Waals surface area contributed by atoms with Gasteiger partial charge in [-0.3, -0.25) is 14.5 Å². The number of carbonyl (C=O) groups excluding carboxylic acids is 2. The fraction of sp³-hybridized carbons (Fsp3) is 0.500. The van der Waals surface area contributed by atoms with E-state index >= 15 is 0 Å². The minimum Gasteiger partial charge on any atom is -0.351 e. The summed E-state index contributed by atoms with van der Waals surface area (Å²) in [6.45, 7) is 9.21. The fourth-order valence-corrected chi connectivity index (χ4v) is 4.92. The molecule has 0 unspecified atom stereocenters. The quantitative estimate of drug-likeness (QED) is 0.654. The minimum absolute atomic E-state index is 0.0413. The molecule has 1 aromatic heterocycles. The van der Waals surface area contributed by atoms with Gasteiger partial charge in [-0.05, 0) is 63.7 Å². The average Bonchev–Trinajstić information content (AvgIpc) is 3.22. The molecule has 0 aliphatic carbocycles. The lowest BCUT2D eigenvalue weighted by Crippen LogP contribution is -2.57. The molecule has 2 aliphatic rings. The number of benzene rings is 1. The number of piperazine rings is 1. The van der Waals surface area contributed by atoms with Crippen LogP contribution in [0, 0.1) is 0 Å². The second kappa shape index (κ2) is 10.1. The van der Waals surface area contributed by atoms with Crippen molar-refractivity contribution in [3.63, 3.8) is 0 Å². The summed E-state index contributed by atoms with van der Waals surface area (Å²) < 4.78 is 0. The van der Waals surface area contributed by atoms with Crippen LogP contribution in [0.2, 0.25) is 5.02 Å². The van der Waals surface area contributed by atoms with E-state index in [0.717, 1.165) is 37.1 Å². The van der Waals surface area contributed by atoms with Gasteiger partial charge in [-0.2, -0.15) is 0 Å². The molecule has 2 aromatic rings. The zero-order valence-corrected chi connectivity index (χ0v) is 19.4. The van der Waals surface area contributed by atoms with Crippen LogP contribution in [0.3, 0.4) is 0 Å². The monoisotopic (exact) mass is 457 g/mol. The minimum atomic E-state index is -0.620. The molecule has 2 saturated heterocycles. The Hall–Kier alpha value is -2.35. The number of rotatable bonds is 6. The van der Waals surface area contributed by atoms with Crippen molar-refractivity contribution in [2.45, 2.75) is 31.3 Å². The molecule has 0 saturated carbocycles. The van der Waals surface area contributed by atoms with Gasteiger partial charge in [-0.15, -0.1) is 6.58 Å². The van der Waals surface area contributed by atoms with E-state index < -0.39 is 6.04 Å². The van der Waals surface area contributed by atoms with Gasteiger partial charge in [0, 0.05) is 48.1 Å². The van der Waals surface area contributed by atoms with E-state index in [2.05, 4.69) is 33.7 Å². The first-order valence-electron chi connectivity index (χ1n) is 11.4. The Morgan fingerprint density at radius 1 is 1.19 bits per heavy atom. The Kier molecular flexibility index (Phi) is 7.18.